The number of carboxylic acids is 1. The highest BCUT2D eigenvalue weighted by Crippen LogP contribution is 2.23. The first-order valence-corrected chi connectivity index (χ1v) is 9.00. The number of carbonyl (C=O) groups is 1. The molecule has 0 aromatic heterocycles. The van der Waals surface area contributed by atoms with Gasteiger partial charge < -0.3 is 14.9 Å². The standard InChI is InChI=1S/C16H15ClO6S/c17-11-2-5-13(6-3-11)24(21,22)9-1-8-23-12-4-7-15(18)14(10-12)16(19)20/h2-7,10,18H,1,8-9H2,(H,19,20). The van der Waals surface area contributed by atoms with Gasteiger partial charge in [-0.05, 0) is 48.9 Å². The zero-order valence-electron chi connectivity index (χ0n) is 12.5. The molecule has 0 aliphatic rings. The third-order valence-corrected chi connectivity index (χ3v) is 5.27. The van der Waals surface area contributed by atoms with E-state index in [-0.39, 0.29) is 40.7 Å². The van der Waals surface area contributed by atoms with Gasteiger partial charge in [-0.1, -0.05) is 11.6 Å². The lowest BCUT2D eigenvalue weighted by atomic mass is 10.2. The van der Waals surface area contributed by atoms with Gasteiger partial charge in [-0.15, -0.1) is 0 Å². The van der Waals surface area contributed by atoms with Crippen LogP contribution in [-0.2, 0) is 9.84 Å². The lowest BCUT2D eigenvalue weighted by Crippen LogP contribution is -2.10. The van der Waals surface area contributed by atoms with Gasteiger partial charge in [0.15, 0.2) is 9.84 Å². The molecule has 0 heterocycles. The second kappa shape index (κ2) is 7.55. The Kier molecular flexibility index (Phi) is 5.69. The van der Waals surface area contributed by atoms with Gasteiger partial charge in [-0.3, -0.25) is 0 Å². The maximum atomic E-state index is 12.1. The molecule has 0 atom stereocenters. The van der Waals surface area contributed by atoms with Crippen LogP contribution in [0.3, 0.4) is 0 Å². The lowest BCUT2D eigenvalue weighted by molar-refractivity contribution is 0.0693. The second-order valence-corrected chi connectivity index (χ2v) is 7.50. The summed E-state index contributed by atoms with van der Waals surface area (Å²) in [4.78, 5) is 11.1. The van der Waals surface area contributed by atoms with E-state index in [2.05, 4.69) is 0 Å². The third-order valence-electron chi connectivity index (χ3n) is 3.20. The average Bonchev–Trinajstić information content (AvgIpc) is 2.53. The smallest absolute Gasteiger partial charge is 0.339 e. The summed E-state index contributed by atoms with van der Waals surface area (Å²) >= 11 is 5.73. The topological polar surface area (TPSA) is 101 Å². The van der Waals surface area contributed by atoms with Crippen LogP contribution in [0.5, 0.6) is 11.5 Å². The summed E-state index contributed by atoms with van der Waals surface area (Å²) < 4.78 is 29.6. The Morgan fingerprint density at radius 2 is 1.79 bits per heavy atom. The average molecular weight is 371 g/mol. The fraction of sp³-hybridized carbons (Fsp3) is 0.188. The van der Waals surface area contributed by atoms with E-state index in [1.54, 1.807) is 0 Å². The number of carboxylic acid groups (broad SMARTS) is 1. The van der Waals surface area contributed by atoms with E-state index < -0.39 is 15.8 Å². The summed E-state index contributed by atoms with van der Waals surface area (Å²) in [5.41, 5.74) is -0.277. The quantitative estimate of drug-likeness (QED) is 0.726. The predicted molar refractivity (Wildman–Crippen MR) is 88.7 cm³/mol. The Bertz CT molecular complexity index is 830. The zero-order chi connectivity index (χ0) is 17.7. The van der Waals surface area contributed by atoms with Crippen LogP contribution in [0, 0.1) is 0 Å². The molecule has 0 saturated heterocycles. The van der Waals surface area contributed by atoms with Crippen molar-refractivity contribution in [3.05, 3.63) is 53.1 Å². The Morgan fingerprint density at radius 1 is 1.12 bits per heavy atom. The maximum absolute atomic E-state index is 12.1. The van der Waals surface area contributed by atoms with Crippen LogP contribution in [0.4, 0.5) is 0 Å². The SMILES string of the molecule is O=C(O)c1cc(OCCCS(=O)(=O)c2ccc(Cl)cc2)ccc1O. The third kappa shape index (κ3) is 4.62. The largest absolute Gasteiger partial charge is 0.507 e. The van der Waals surface area contributed by atoms with Crippen molar-refractivity contribution in [3.63, 3.8) is 0 Å². The first kappa shape index (κ1) is 18.1. The molecule has 0 aliphatic carbocycles. The number of aromatic hydroxyl groups is 1. The van der Waals surface area contributed by atoms with Gasteiger partial charge in [0.1, 0.15) is 17.1 Å². The normalized spacial score (nSPS) is 11.2. The van der Waals surface area contributed by atoms with E-state index in [1.165, 1.54) is 42.5 Å². The molecule has 2 N–H and O–H groups in total. The molecule has 128 valence electrons. The summed E-state index contributed by atoms with van der Waals surface area (Å²) in [7, 11) is -3.43. The van der Waals surface area contributed by atoms with Gasteiger partial charge >= 0.3 is 5.97 Å². The van der Waals surface area contributed by atoms with Gasteiger partial charge in [0.25, 0.3) is 0 Å². The minimum absolute atomic E-state index is 0.0939. The summed E-state index contributed by atoms with van der Waals surface area (Å²) in [6, 6.07) is 9.71. The first-order valence-electron chi connectivity index (χ1n) is 6.97. The molecule has 0 spiro atoms. The van der Waals surface area contributed by atoms with E-state index in [0.717, 1.165) is 0 Å². The molecule has 2 aromatic carbocycles. The van der Waals surface area contributed by atoms with E-state index in [0.29, 0.717) is 5.02 Å². The molecule has 0 radical (unpaired) electrons. The van der Waals surface area contributed by atoms with Crippen molar-refractivity contribution in [2.24, 2.45) is 0 Å². The molecule has 24 heavy (non-hydrogen) atoms. The zero-order valence-corrected chi connectivity index (χ0v) is 14.0. The molecule has 0 unspecified atom stereocenters. The number of hydrogen-bond acceptors (Lipinski definition) is 5. The minimum atomic E-state index is -3.43. The molecule has 2 rings (SSSR count). The number of sulfone groups is 1. The Labute approximate surface area is 144 Å². The number of halogens is 1. The minimum Gasteiger partial charge on any atom is -0.507 e. The van der Waals surface area contributed by atoms with Crippen LogP contribution in [-0.4, -0.2) is 37.0 Å². The summed E-state index contributed by atoms with van der Waals surface area (Å²) in [5.74, 6) is -1.50. The number of benzene rings is 2. The van der Waals surface area contributed by atoms with Crippen LogP contribution in [0.1, 0.15) is 16.8 Å². The maximum Gasteiger partial charge on any atom is 0.339 e. The number of phenols is 1. The Morgan fingerprint density at radius 3 is 2.42 bits per heavy atom. The number of hydrogen-bond donors (Lipinski definition) is 2. The molecule has 2 aromatic rings. The van der Waals surface area contributed by atoms with Crippen molar-refractivity contribution in [1.29, 1.82) is 0 Å². The van der Waals surface area contributed by atoms with Gasteiger partial charge in [0, 0.05) is 5.02 Å². The molecule has 0 amide bonds. The van der Waals surface area contributed by atoms with Crippen molar-refractivity contribution in [3.8, 4) is 11.5 Å². The van der Waals surface area contributed by atoms with E-state index in [9.17, 15) is 18.3 Å². The van der Waals surface area contributed by atoms with Gasteiger partial charge in [-0.25, -0.2) is 13.2 Å². The number of aromatic carboxylic acids is 1. The molecular weight excluding hydrogens is 356 g/mol. The highest BCUT2D eigenvalue weighted by atomic mass is 35.5. The van der Waals surface area contributed by atoms with Gasteiger partial charge in [-0.2, -0.15) is 0 Å². The monoisotopic (exact) mass is 370 g/mol. The molecular formula is C16H15ClO6S. The van der Waals surface area contributed by atoms with E-state index >= 15 is 0 Å². The van der Waals surface area contributed by atoms with Crippen LogP contribution < -0.4 is 4.74 Å². The molecule has 6 nitrogen and oxygen atoms in total. The van der Waals surface area contributed by atoms with Gasteiger partial charge in [0.05, 0.1) is 17.3 Å². The fourth-order valence-corrected chi connectivity index (χ4v) is 3.39. The second-order valence-electron chi connectivity index (χ2n) is 4.96. The summed E-state index contributed by atoms with van der Waals surface area (Å²) in [6.07, 6.45) is 0.230. The molecule has 0 bridgehead atoms. The molecule has 0 fully saturated rings. The summed E-state index contributed by atoms with van der Waals surface area (Å²) in [6.45, 7) is 0.0939. The molecule has 8 heteroatoms. The number of ether oxygens (including phenoxy) is 1. The van der Waals surface area contributed by atoms with E-state index in [1.807, 2.05) is 0 Å². The fourth-order valence-electron chi connectivity index (χ4n) is 1.97. The van der Waals surface area contributed by atoms with E-state index in [4.69, 9.17) is 21.4 Å². The predicted octanol–water partition coefficient (Wildman–Crippen LogP) is 2.99. The van der Waals surface area contributed by atoms with Crippen molar-refractivity contribution < 1.29 is 28.2 Å². The lowest BCUT2D eigenvalue weighted by Gasteiger charge is -2.08. The number of rotatable bonds is 7. The Balaban J connectivity index is 1.92. The highest BCUT2D eigenvalue weighted by Gasteiger charge is 2.14. The van der Waals surface area contributed by atoms with Crippen molar-refractivity contribution in [1.82, 2.24) is 0 Å². The highest BCUT2D eigenvalue weighted by molar-refractivity contribution is 7.91. The first-order chi connectivity index (χ1) is 11.3. The molecule has 0 aliphatic heterocycles. The van der Waals surface area contributed by atoms with Crippen molar-refractivity contribution >= 4 is 27.4 Å². The molecule has 0 saturated carbocycles. The summed E-state index contributed by atoms with van der Waals surface area (Å²) in [5, 5.41) is 18.8. The van der Waals surface area contributed by atoms with Gasteiger partial charge in [0.2, 0.25) is 0 Å². The Hall–Kier alpha value is -2.25. The van der Waals surface area contributed by atoms with Crippen LogP contribution in [0.2, 0.25) is 5.02 Å². The van der Waals surface area contributed by atoms with Crippen molar-refractivity contribution in [2.75, 3.05) is 12.4 Å². The van der Waals surface area contributed by atoms with Crippen molar-refractivity contribution in [2.45, 2.75) is 11.3 Å². The van der Waals surface area contributed by atoms with Crippen LogP contribution in [0.25, 0.3) is 0 Å². The van der Waals surface area contributed by atoms with Crippen LogP contribution in [0.15, 0.2) is 47.4 Å². The van der Waals surface area contributed by atoms with Crippen LogP contribution >= 0.6 is 11.6 Å².